The average Bonchev–Trinajstić information content (AvgIpc) is 1.86. The van der Waals surface area contributed by atoms with Gasteiger partial charge in [-0.2, -0.15) is 0 Å². The molecule has 1 heterocycles. The molecule has 0 aliphatic carbocycles. The molecular formula is C3H3ClNO. The van der Waals surface area contributed by atoms with Crippen molar-refractivity contribution in [3.8, 4) is 0 Å². The van der Waals surface area contributed by atoms with Crippen LogP contribution in [-0.2, 0) is 4.74 Å². The first-order chi connectivity index (χ1) is 2.89. The van der Waals surface area contributed by atoms with Gasteiger partial charge in [0.1, 0.15) is 0 Å². The summed E-state index contributed by atoms with van der Waals surface area (Å²) < 4.78 is 4.54. The fourth-order valence-electron chi connectivity index (χ4n) is 0.252. The van der Waals surface area contributed by atoms with Crippen LogP contribution in [0.25, 0.3) is 0 Å². The van der Waals surface area contributed by atoms with E-state index in [1.807, 2.05) is 0 Å². The molecule has 33 valence electrons. The number of rotatable bonds is 0. The molecule has 1 radical (unpaired) electrons. The molecule has 0 saturated heterocycles. The van der Waals surface area contributed by atoms with Crippen LogP contribution in [0.2, 0.25) is 0 Å². The molecule has 2 nitrogen and oxygen atoms in total. The molecule has 1 aliphatic heterocycles. The lowest BCUT2D eigenvalue weighted by Crippen LogP contribution is -1.79. The maximum atomic E-state index is 5.21. The van der Waals surface area contributed by atoms with E-state index in [4.69, 9.17) is 11.6 Å². The van der Waals surface area contributed by atoms with Crippen molar-refractivity contribution in [2.24, 2.45) is 4.99 Å². The van der Waals surface area contributed by atoms with E-state index in [1.54, 1.807) is 6.61 Å². The zero-order valence-electron chi connectivity index (χ0n) is 3.02. The van der Waals surface area contributed by atoms with Crippen LogP contribution in [0.4, 0.5) is 0 Å². The van der Waals surface area contributed by atoms with Crippen molar-refractivity contribution in [1.29, 1.82) is 0 Å². The summed E-state index contributed by atoms with van der Waals surface area (Å²) in [5.74, 6) is 0. The quantitative estimate of drug-likeness (QED) is 0.445. The van der Waals surface area contributed by atoms with E-state index in [-0.39, 0.29) is 5.36 Å². The number of aliphatic imine (C=N–C) groups is 1. The first-order valence-corrected chi connectivity index (χ1v) is 1.95. The van der Waals surface area contributed by atoms with Gasteiger partial charge in [0.2, 0.25) is 0 Å². The zero-order valence-corrected chi connectivity index (χ0v) is 3.77. The van der Waals surface area contributed by atoms with E-state index in [1.165, 1.54) is 0 Å². The van der Waals surface area contributed by atoms with Gasteiger partial charge in [-0.3, -0.25) is 0 Å². The Morgan fingerprint density at radius 1 is 2.00 bits per heavy atom. The second-order valence-electron chi connectivity index (χ2n) is 0.878. The Bertz CT molecular complexity index is 80.9. The van der Waals surface area contributed by atoms with Gasteiger partial charge in [0.15, 0.2) is 6.61 Å². The van der Waals surface area contributed by atoms with Crippen molar-refractivity contribution in [3.05, 3.63) is 6.61 Å². The molecule has 0 aromatic rings. The first-order valence-electron chi connectivity index (χ1n) is 1.58. The Labute approximate surface area is 40.8 Å². The maximum Gasteiger partial charge on any atom is 0.282 e. The van der Waals surface area contributed by atoms with Gasteiger partial charge in [-0.1, -0.05) is 0 Å². The van der Waals surface area contributed by atoms with Gasteiger partial charge in [-0.05, 0) is 11.6 Å². The molecule has 6 heavy (non-hydrogen) atoms. The van der Waals surface area contributed by atoms with Crippen LogP contribution in [0, 0.1) is 6.61 Å². The Kier molecular flexibility index (Phi) is 0.965. The monoisotopic (exact) mass is 104 g/mol. The fraction of sp³-hybridized carbons (Fsp3) is 0.333. The molecule has 1 rings (SSSR count). The Hall–Kier alpha value is -0.240. The van der Waals surface area contributed by atoms with Gasteiger partial charge >= 0.3 is 0 Å². The summed E-state index contributed by atoms with van der Waals surface area (Å²) in [7, 11) is 0. The van der Waals surface area contributed by atoms with Gasteiger partial charge in [-0.15, -0.1) is 0 Å². The SMILES string of the molecule is ClC1=NC[CH]O1. The second kappa shape index (κ2) is 1.47. The number of hydrogen-bond acceptors (Lipinski definition) is 2. The normalized spacial score (nSPS) is 19.8. The van der Waals surface area contributed by atoms with Crippen LogP contribution in [0.1, 0.15) is 0 Å². The predicted octanol–water partition coefficient (Wildman–Crippen LogP) is 0.773. The van der Waals surface area contributed by atoms with E-state index < -0.39 is 0 Å². The maximum absolute atomic E-state index is 5.21. The molecule has 0 amide bonds. The summed E-state index contributed by atoms with van der Waals surface area (Å²) in [6, 6.07) is 0. The van der Waals surface area contributed by atoms with Crippen molar-refractivity contribution in [2.75, 3.05) is 6.54 Å². The highest BCUT2D eigenvalue weighted by Crippen LogP contribution is 1.99. The third kappa shape index (κ3) is 0.627. The minimum atomic E-state index is 0.245. The third-order valence-corrected chi connectivity index (χ3v) is 0.679. The molecule has 0 aromatic carbocycles. The van der Waals surface area contributed by atoms with Crippen LogP contribution >= 0.6 is 11.6 Å². The van der Waals surface area contributed by atoms with Gasteiger partial charge in [-0.25, -0.2) is 4.99 Å². The highest BCUT2D eigenvalue weighted by atomic mass is 35.5. The molecular weight excluding hydrogens is 101 g/mol. The van der Waals surface area contributed by atoms with Crippen molar-refractivity contribution >= 4 is 17.0 Å². The van der Waals surface area contributed by atoms with Crippen molar-refractivity contribution in [3.63, 3.8) is 0 Å². The molecule has 0 spiro atoms. The summed E-state index contributed by atoms with van der Waals surface area (Å²) in [6.07, 6.45) is 0. The summed E-state index contributed by atoms with van der Waals surface area (Å²) in [4.78, 5) is 3.64. The molecule has 0 saturated carbocycles. The smallest absolute Gasteiger partial charge is 0.282 e. The van der Waals surface area contributed by atoms with E-state index in [2.05, 4.69) is 9.73 Å². The van der Waals surface area contributed by atoms with Gasteiger partial charge < -0.3 is 4.74 Å². The minimum Gasteiger partial charge on any atom is -0.460 e. The van der Waals surface area contributed by atoms with E-state index in [0.717, 1.165) is 0 Å². The minimum absolute atomic E-state index is 0.245. The summed E-state index contributed by atoms with van der Waals surface area (Å²) in [5.41, 5.74) is 0. The molecule has 0 fully saturated rings. The Morgan fingerprint density at radius 3 is 3.00 bits per heavy atom. The van der Waals surface area contributed by atoms with E-state index in [0.29, 0.717) is 6.54 Å². The third-order valence-electron chi connectivity index (χ3n) is 0.471. The molecule has 0 N–H and O–H groups in total. The predicted molar refractivity (Wildman–Crippen MR) is 23.5 cm³/mol. The van der Waals surface area contributed by atoms with Crippen molar-refractivity contribution in [2.45, 2.75) is 0 Å². The standard InChI is InChI=1S/C3H3ClNO/c4-3-5-1-2-6-3/h2H,1H2. The average molecular weight is 105 g/mol. The molecule has 0 atom stereocenters. The highest BCUT2D eigenvalue weighted by Gasteiger charge is 2.00. The van der Waals surface area contributed by atoms with Crippen LogP contribution in [0.3, 0.4) is 0 Å². The van der Waals surface area contributed by atoms with Gasteiger partial charge in [0, 0.05) is 0 Å². The van der Waals surface area contributed by atoms with Crippen LogP contribution < -0.4 is 0 Å². The molecule has 0 aromatic heterocycles. The zero-order chi connectivity index (χ0) is 4.41. The van der Waals surface area contributed by atoms with E-state index in [9.17, 15) is 0 Å². The summed E-state index contributed by atoms with van der Waals surface area (Å²) in [5, 5.41) is 0.245. The van der Waals surface area contributed by atoms with Gasteiger partial charge in [0.25, 0.3) is 5.36 Å². The topological polar surface area (TPSA) is 21.6 Å². The Balaban J connectivity index is 2.45. The molecule has 0 unspecified atom stereocenters. The number of halogens is 1. The molecule has 3 heteroatoms. The number of ether oxygens (including phenoxy) is 1. The van der Waals surface area contributed by atoms with E-state index >= 15 is 0 Å². The summed E-state index contributed by atoms with van der Waals surface area (Å²) in [6.45, 7) is 2.14. The van der Waals surface area contributed by atoms with Crippen LogP contribution in [0.5, 0.6) is 0 Å². The van der Waals surface area contributed by atoms with Crippen molar-refractivity contribution < 1.29 is 4.74 Å². The Morgan fingerprint density at radius 2 is 2.83 bits per heavy atom. The van der Waals surface area contributed by atoms with Crippen LogP contribution in [0.15, 0.2) is 4.99 Å². The highest BCUT2D eigenvalue weighted by molar-refractivity contribution is 6.63. The fourth-order valence-corrected chi connectivity index (χ4v) is 0.384. The number of hydrogen-bond donors (Lipinski definition) is 0. The lowest BCUT2D eigenvalue weighted by Gasteiger charge is -1.82. The number of nitrogens with zero attached hydrogens (tertiary/aromatic N) is 1. The lowest BCUT2D eigenvalue weighted by atomic mass is 10.8. The van der Waals surface area contributed by atoms with Crippen LogP contribution in [-0.4, -0.2) is 11.9 Å². The second-order valence-corrected chi connectivity index (χ2v) is 1.20. The van der Waals surface area contributed by atoms with Crippen molar-refractivity contribution in [1.82, 2.24) is 0 Å². The lowest BCUT2D eigenvalue weighted by molar-refractivity contribution is 0.436. The van der Waals surface area contributed by atoms with Gasteiger partial charge in [0.05, 0.1) is 6.54 Å². The largest absolute Gasteiger partial charge is 0.460 e. The first kappa shape index (κ1) is 3.93. The summed E-state index contributed by atoms with van der Waals surface area (Å²) >= 11 is 5.21. The molecule has 0 bridgehead atoms. The molecule has 1 aliphatic rings.